The first kappa shape index (κ1) is 15.0. The van der Waals surface area contributed by atoms with Crippen LogP contribution >= 0.6 is 11.5 Å². The Hall–Kier alpha value is -1.01. The summed E-state index contributed by atoms with van der Waals surface area (Å²) in [6.07, 6.45) is 3.45. The first-order valence-corrected chi connectivity index (χ1v) is 7.07. The molecule has 0 bridgehead atoms. The quantitative estimate of drug-likeness (QED) is 0.677. The van der Waals surface area contributed by atoms with Crippen molar-refractivity contribution in [2.45, 2.75) is 39.2 Å². The Morgan fingerprint density at radius 2 is 2.11 bits per heavy atom. The maximum absolute atomic E-state index is 5.78. The van der Waals surface area contributed by atoms with Gasteiger partial charge in [-0.25, -0.2) is 0 Å². The van der Waals surface area contributed by atoms with E-state index in [1.54, 1.807) is 7.11 Å². The van der Waals surface area contributed by atoms with Crippen LogP contribution in [0.3, 0.4) is 0 Å². The van der Waals surface area contributed by atoms with Crippen molar-refractivity contribution in [1.82, 2.24) is 4.37 Å². The number of nitrogens with one attached hydrogen (secondary N) is 1. The predicted molar refractivity (Wildman–Crippen MR) is 76.5 cm³/mol. The van der Waals surface area contributed by atoms with Gasteiger partial charge in [-0.2, -0.15) is 4.37 Å². The molecule has 0 aliphatic rings. The number of rotatable bonds is 9. The maximum atomic E-state index is 5.78. The summed E-state index contributed by atoms with van der Waals surface area (Å²) < 4.78 is 14.8. The van der Waals surface area contributed by atoms with Gasteiger partial charge in [-0.05, 0) is 44.6 Å². The zero-order chi connectivity index (χ0) is 13.4. The summed E-state index contributed by atoms with van der Waals surface area (Å²) in [4.78, 5) is 0. The van der Waals surface area contributed by atoms with Gasteiger partial charge in [0.05, 0.1) is 6.10 Å². The lowest BCUT2D eigenvalue weighted by molar-refractivity contribution is 0.192. The van der Waals surface area contributed by atoms with E-state index in [9.17, 15) is 0 Å². The zero-order valence-corrected chi connectivity index (χ0v) is 12.2. The molecule has 0 aliphatic heterocycles. The average Bonchev–Trinajstić information content (AvgIpc) is 2.65. The number of nitrogens with zero attached hydrogens (tertiary/aromatic N) is 1. The third-order valence-electron chi connectivity index (χ3n) is 2.34. The normalized spacial score (nSPS) is 10.9. The Balaban J connectivity index is 2.33. The number of hydrogen-bond acceptors (Lipinski definition) is 6. The molecule has 0 aliphatic carbocycles. The molecular formula is C12H23N3O2S. The Morgan fingerprint density at radius 3 is 2.78 bits per heavy atom. The molecular weight excluding hydrogens is 250 g/mol. The molecule has 0 radical (unpaired) electrons. The summed E-state index contributed by atoms with van der Waals surface area (Å²) in [6, 6.07) is 0. The number of hydrogen-bond donors (Lipinski definition) is 2. The fourth-order valence-electron chi connectivity index (χ4n) is 1.51. The van der Waals surface area contributed by atoms with Crippen molar-refractivity contribution in [3.63, 3.8) is 0 Å². The fourth-order valence-corrected chi connectivity index (χ4v) is 2.18. The molecule has 0 saturated heterocycles. The van der Waals surface area contributed by atoms with Crippen LogP contribution in [0.4, 0.5) is 10.8 Å². The van der Waals surface area contributed by atoms with E-state index < -0.39 is 0 Å². The van der Waals surface area contributed by atoms with Crippen molar-refractivity contribution < 1.29 is 9.47 Å². The second-order valence-electron chi connectivity index (χ2n) is 4.37. The highest BCUT2D eigenvalue weighted by atomic mass is 32.1. The van der Waals surface area contributed by atoms with E-state index in [4.69, 9.17) is 15.2 Å². The van der Waals surface area contributed by atoms with Crippen LogP contribution in [0.25, 0.3) is 0 Å². The molecule has 0 fully saturated rings. The molecule has 0 aromatic carbocycles. The SMILES string of the molecule is COCCCCCNc1snc(N)c1OC(C)C. The number of aromatic nitrogens is 1. The van der Waals surface area contributed by atoms with Crippen LogP contribution in [0.5, 0.6) is 5.75 Å². The number of anilines is 2. The molecule has 18 heavy (non-hydrogen) atoms. The molecule has 1 aromatic heterocycles. The second kappa shape index (κ2) is 8.16. The maximum Gasteiger partial charge on any atom is 0.197 e. The van der Waals surface area contributed by atoms with Gasteiger partial charge in [0, 0.05) is 20.3 Å². The van der Waals surface area contributed by atoms with Crippen LogP contribution < -0.4 is 15.8 Å². The average molecular weight is 273 g/mol. The standard InChI is InChI=1S/C12H23N3O2S/c1-9(2)17-10-11(13)15-18-12(10)14-7-5-4-6-8-16-3/h9,14H,4-8H2,1-3H3,(H2,13,15). The third kappa shape index (κ3) is 5.10. The van der Waals surface area contributed by atoms with Gasteiger partial charge >= 0.3 is 0 Å². The second-order valence-corrected chi connectivity index (χ2v) is 5.15. The van der Waals surface area contributed by atoms with E-state index in [2.05, 4.69) is 9.69 Å². The van der Waals surface area contributed by atoms with Gasteiger partial charge < -0.3 is 20.5 Å². The van der Waals surface area contributed by atoms with Gasteiger partial charge in [0.1, 0.15) is 0 Å². The zero-order valence-electron chi connectivity index (χ0n) is 11.4. The minimum absolute atomic E-state index is 0.103. The van der Waals surface area contributed by atoms with Gasteiger partial charge in [0.2, 0.25) is 0 Å². The summed E-state index contributed by atoms with van der Waals surface area (Å²) >= 11 is 1.35. The molecule has 104 valence electrons. The van der Waals surface area contributed by atoms with Gasteiger partial charge in [-0.3, -0.25) is 0 Å². The molecule has 5 nitrogen and oxygen atoms in total. The predicted octanol–water partition coefficient (Wildman–Crippen LogP) is 2.74. The van der Waals surface area contributed by atoms with E-state index in [1.165, 1.54) is 11.5 Å². The highest BCUT2D eigenvalue weighted by molar-refractivity contribution is 7.11. The van der Waals surface area contributed by atoms with Crippen LogP contribution in [-0.4, -0.2) is 30.7 Å². The Morgan fingerprint density at radius 1 is 1.33 bits per heavy atom. The van der Waals surface area contributed by atoms with Crippen molar-refractivity contribution in [2.24, 2.45) is 0 Å². The van der Waals surface area contributed by atoms with E-state index in [1.807, 2.05) is 13.8 Å². The highest BCUT2D eigenvalue weighted by Gasteiger charge is 2.13. The molecule has 0 spiro atoms. The minimum atomic E-state index is 0.103. The van der Waals surface area contributed by atoms with Gasteiger partial charge in [-0.1, -0.05) is 0 Å². The van der Waals surface area contributed by atoms with Crippen LogP contribution in [0.15, 0.2) is 0 Å². The molecule has 1 heterocycles. The van der Waals surface area contributed by atoms with Gasteiger partial charge in [-0.15, -0.1) is 0 Å². The van der Waals surface area contributed by atoms with Crippen molar-refractivity contribution in [3.8, 4) is 5.75 Å². The summed E-state index contributed by atoms with van der Waals surface area (Å²) in [5.41, 5.74) is 5.78. The summed E-state index contributed by atoms with van der Waals surface area (Å²) in [5, 5.41) is 4.25. The fraction of sp³-hybridized carbons (Fsp3) is 0.750. The Bertz CT molecular complexity index is 342. The van der Waals surface area contributed by atoms with Crippen LogP contribution in [0, 0.1) is 0 Å². The molecule has 1 aromatic rings. The van der Waals surface area contributed by atoms with E-state index in [0.717, 1.165) is 37.4 Å². The van der Waals surface area contributed by atoms with Crippen LogP contribution in [-0.2, 0) is 4.74 Å². The molecule has 1 rings (SSSR count). The van der Waals surface area contributed by atoms with Crippen molar-refractivity contribution in [1.29, 1.82) is 0 Å². The van der Waals surface area contributed by atoms with Crippen molar-refractivity contribution >= 4 is 22.4 Å². The topological polar surface area (TPSA) is 69.4 Å². The molecule has 6 heteroatoms. The Labute approximate surface area is 113 Å². The van der Waals surface area contributed by atoms with Crippen molar-refractivity contribution in [2.75, 3.05) is 31.3 Å². The lowest BCUT2D eigenvalue weighted by atomic mass is 10.2. The van der Waals surface area contributed by atoms with E-state index >= 15 is 0 Å². The third-order valence-corrected chi connectivity index (χ3v) is 3.14. The number of nitrogen functional groups attached to an aromatic ring is 1. The van der Waals surface area contributed by atoms with Crippen molar-refractivity contribution in [3.05, 3.63) is 0 Å². The largest absolute Gasteiger partial charge is 0.484 e. The minimum Gasteiger partial charge on any atom is -0.484 e. The monoisotopic (exact) mass is 273 g/mol. The number of nitrogens with two attached hydrogens (primary N) is 1. The van der Waals surface area contributed by atoms with Gasteiger partial charge in [0.25, 0.3) is 0 Å². The lowest BCUT2D eigenvalue weighted by Crippen LogP contribution is -2.09. The lowest BCUT2D eigenvalue weighted by Gasteiger charge is -2.11. The van der Waals surface area contributed by atoms with Crippen LogP contribution in [0.2, 0.25) is 0 Å². The summed E-state index contributed by atoms with van der Waals surface area (Å²) in [7, 11) is 1.73. The van der Waals surface area contributed by atoms with E-state index in [-0.39, 0.29) is 6.10 Å². The highest BCUT2D eigenvalue weighted by Crippen LogP contribution is 2.35. The first-order chi connectivity index (χ1) is 8.65. The Kier molecular flexibility index (Phi) is 6.82. The molecule has 0 atom stereocenters. The summed E-state index contributed by atoms with van der Waals surface area (Å²) in [6.45, 7) is 5.69. The molecule has 3 N–H and O–H groups in total. The molecule has 0 amide bonds. The molecule has 0 saturated carbocycles. The number of methoxy groups -OCH3 is 1. The molecule has 0 unspecified atom stereocenters. The number of unbranched alkanes of at least 4 members (excludes halogenated alkanes) is 2. The smallest absolute Gasteiger partial charge is 0.197 e. The number of ether oxygens (including phenoxy) is 2. The van der Waals surface area contributed by atoms with E-state index in [0.29, 0.717) is 11.6 Å². The van der Waals surface area contributed by atoms with Crippen LogP contribution in [0.1, 0.15) is 33.1 Å². The first-order valence-electron chi connectivity index (χ1n) is 6.29. The van der Waals surface area contributed by atoms with Gasteiger partial charge in [0.15, 0.2) is 16.6 Å². The summed E-state index contributed by atoms with van der Waals surface area (Å²) in [5.74, 6) is 1.16.